The van der Waals surface area contributed by atoms with Crippen molar-refractivity contribution in [3.8, 4) is 0 Å². The molecule has 1 amide bonds. The average molecular weight is 289 g/mol. The van der Waals surface area contributed by atoms with Gasteiger partial charge in [-0.25, -0.2) is 4.79 Å². The Balaban J connectivity index is 3.02. The van der Waals surface area contributed by atoms with Gasteiger partial charge >= 0.3 is 6.09 Å². The Morgan fingerprint density at radius 3 is 2.75 bits per heavy atom. The molecule has 1 rings (SSSR count). The minimum atomic E-state index is -3.53. The molecule has 0 fully saturated rings. The zero-order valence-electron chi connectivity index (χ0n) is 19.8. The number of aliphatic hydroxyl groups excluding tert-OH is 1. The summed E-state index contributed by atoms with van der Waals surface area (Å²) in [6.07, 6.45) is -2.93. The van der Waals surface area contributed by atoms with Crippen molar-refractivity contribution in [2.75, 3.05) is 13.0 Å². The van der Waals surface area contributed by atoms with Gasteiger partial charge in [-0.2, -0.15) is 0 Å². The number of nitrogens with one attached hydrogen (secondary N) is 2. The third-order valence-electron chi connectivity index (χ3n) is 2.60. The number of rotatable bonds is 8. The topological polar surface area (TPSA) is 81.6 Å². The number of carbonyl (C=O) groups is 1. The van der Waals surface area contributed by atoms with E-state index in [1.165, 1.54) is 0 Å². The molecule has 0 bridgehead atoms. The van der Waals surface area contributed by atoms with E-state index >= 15 is 0 Å². The smallest absolute Gasteiger partial charge is 0.404 e. The standard InChI is InChI=1S/C15H24N2O3/c1-11(2)9-16-10-14(18)13(17-15(19)20)8-12-6-4-3-5-7-12/h3-7,11,13-14,16-18H,8-10H2,1-2H3,(H,19,20)/t13-,14+/m0/s1/i1D3,2D3,9D2,11D. The zero-order chi connectivity index (χ0) is 22.7. The molecule has 0 aliphatic heterocycles. The predicted octanol–water partition coefficient (Wildman–Crippen LogP) is 1.47. The van der Waals surface area contributed by atoms with Crippen LogP contribution in [0.3, 0.4) is 0 Å². The van der Waals surface area contributed by atoms with E-state index in [4.69, 9.17) is 17.4 Å². The van der Waals surface area contributed by atoms with E-state index in [-0.39, 0.29) is 6.42 Å². The monoisotopic (exact) mass is 289 g/mol. The first-order valence-corrected chi connectivity index (χ1v) is 5.99. The van der Waals surface area contributed by atoms with E-state index in [0.29, 0.717) is 5.56 Å². The summed E-state index contributed by atoms with van der Waals surface area (Å²) in [5.74, 6) is -3.53. The Hall–Kier alpha value is -1.59. The van der Waals surface area contributed by atoms with Gasteiger partial charge in [0.25, 0.3) is 0 Å². The van der Waals surface area contributed by atoms with Crippen LogP contribution in [0.1, 0.15) is 31.6 Å². The molecule has 20 heavy (non-hydrogen) atoms. The van der Waals surface area contributed by atoms with Gasteiger partial charge in [0.05, 0.1) is 12.1 Å². The Labute approximate surface area is 132 Å². The molecule has 2 atom stereocenters. The van der Waals surface area contributed by atoms with Gasteiger partial charge in [0.1, 0.15) is 0 Å². The van der Waals surface area contributed by atoms with Crippen LogP contribution in [0.4, 0.5) is 4.79 Å². The Bertz CT molecular complexity index is 666. The van der Waals surface area contributed by atoms with Gasteiger partial charge in [-0.1, -0.05) is 44.0 Å². The molecule has 0 aromatic heterocycles. The number of carboxylic acid groups (broad SMARTS) is 1. The molecule has 0 radical (unpaired) electrons. The summed E-state index contributed by atoms with van der Waals surface area (Å²) in [4.78, 5) is 11.0. The van der Waals surface area contributed by atoms with E-state index in [0.717, 1.165) is 0 Å². The van der Waals surface area contributed by atoms with Gasteiger partial charge in [0, 0.05) is 18.9 Å². The second-order valence-electron chi connectivity index (χ2n) is 4.19. The fraction of sp³-hybridized carbons (Fsp3) is 0.533. The summed E-state index contributed by atoms with van der Waals surface area (Å²) in [5.41, 5.74) is 0.674. The highest BCUT2D eigenvalue weighted by Crippen LogP contribution is 2.06. The molecule has 4 N–H and O–H groups in total. The van der Waals surface area contributed by atoms with Crippen molar-refractivity contribution < 1.29 is 27.3 Å². The average Bonchev–Trinajstić information content (AvgIpc) is 2.56. The first kappa shape index (κ1) is 7.43. The highest BCUT2D eigenvalue weighted by Gasteiger charge is 2.21. The summed E-state index contributed by atoms with van der Waals surface area (Å²) in [5, 5.41) is 23.4. The Morgan fingerprint density at radius 1 is 1.45 bits per heavy atom. The van der Waals surface area contributed by atoms with Gasteiger partial charge in [0.2, 0.25) is 0 Å². The predicted molar refractivity (Wildman–Crippen MR) is 78.8 cm³/mol. The Kier molecular flexibility index (Phi) is 3.18. The summed E-state index contributed by atoms with van der Waals surface area (Å²) in [6, 6.07) is 7.43. The second kappa shape index (κ2) is 8.55. The molecular weight excluding hydrogens is 256 g/mol. The Morgan fingerprint density at radius 2 is 2.15 bits per heavy atom. The van der Waals surface area contributed by atoms with E-state index in [1.807, 2.05) is 5.32 Å². The largest absolute Gasteiger partial charge is 0.465 e. The molecule has 0 saturated carbocycles. The maximum Gasteiger partial charge on any atom is 0.404 e. The molecular formula is C15H24N2O3. The van der Waals surface area contributed by atoms with Crippen LogP contribution in [0, 0.1) is 5.89 Å². The van der Waals surface area contributed by atoms with Gasteiger partial charge in [-0.3, -0.25) is 0 Å². The highest BCUT2D eigenvalue weighted by atomic mass is 16.4. The van der Waals surface area contributed by atoms with Gasteiger partial charge < -0.3 is 20.8 Å². The third kappa shape index (κ3) is 6.54. The van der Waals surface area contributed by atoms with Crippen molar-refractivity contribution >= 4 is 6.09 Å². The molecule has 0 saturated heterocycles. The minimum absolute atomic E-state index is 0.0452. The van der Waals surface area contributed by atoms with E-state index < -0.39 is 50.9 Å². The van der Waals surface area contributed by atoms with Crippen molar-refractivity contribution in [1.29, 1.82) is 0 Å². The van der Waals surface area contributed by atoms with Gasteiger partial charge in [0.15, 0.2) is 0 Å². The molecule has 0 unspecified atom stereocenters. The van der Waals surface area contributed by atoms with Crippen molar-refractivity contribution in [2.45, 2.75) is 32.3 Å². The SMILES string of the molecule is [2H]C([2H])([2H])C([2H])(C([2H])([2H])[2H])C([2H])([2H])NC[C@@H](O)[C@H](Cc1ccccc1)NC(=O)O. The number of benzene rings is 1. The molecule has 0 aliphatic rings. The lowest BCUT2D eigenvalue weighted by Gasteiger charge is -2.23. The van der Waals surface area contributed by atoms with Crippen molar-refractivity contribution in [2.24, 2.45) is 5.89 Å². The van der Waals surface area contributed by atoms with E-state index in [2.05, 4.69) is 5.32 Å². The summed E-state index contributed by atoms with van der Waals surface area (Å²) in [7, 11) is 0. The maximum atomic E-state index is 11.0. The van der Waals surface area contributed by atoms with Gasteiger partial charge in [-0.15, -0.1) is 0 Å². The van der Waals surface area contributed by atoms with Crippen LogP contribution < -0.4 is 10.6 Å². The normalized spacial score (nSPS) is 23.1. The lowest BCUT2D eigenvalue weighted by Crippen LogP contribution is -2.48. The van der Waals surface area contributed by atoms with Crippen LogP contribution >= 0.6 is 0 Å². The molecule has 5 nitrogen and oxygen atoms in total. The van der Waals surface area contributed by atoms with Crippen molar-refractivity contribution in [3.05, 3.63) is 35.9 Å². The first-order valence-electron chi connectivity index (χ1n) is 10.5. The van der Waals surface area contributed by atoms with Crippen LogP contribution in [0.2, 0.25) is 0 Å². The lowest BCUT2D eigenvalue weighted by atomic mass is 10.0. The maximum absolute atomic E-state index is 11.0. The minimum Gasteiger partial charge on any atom is -0.465 e. The molecule has 1 aromatic rings. The fourth-order valence-corrected chi connectivity index (χ4v) is 1.70. The summed E-state index contributed by atoms with van der Waals surface area (Å²) < 4.78 is 67.9. The molecule has 1 aromatic carbocycles. The van der Waals surface area contributed by atoms with Crippen molar-refractivity contribution in [1.82, 2.24) is 10.6 Å². The van der Waals surface area contributed by atoms with E-state index in [1.54, 1.807) is 30.3 Å². The fourth-order valence-electron chi connectivity index (χ4n) is 1.70. The quantitative estimate of drug-likeness (QED) is 0.584. The van der Waals surface area contributed by atoms with E-state index in [9.17, 15) is 9.90 Å². The molecule has 112 valence electrons. The highest BCUT2D eigenvalue weighted by molar-refractivity contribution is 5.65. The lowest BCUT2D eigenvalue weighted by molar-refractivity contribution is 0.117. The van der Waals surface area contributed by atoms with Crippen LogP contribution in [0.15, 0.2) is 30.3 Å². The number of amides is 1. The van der Waals surface area contributed by atoms with Crippen LogP contribution in [-0.4, -0.2) is 41.5 Å². The molecule has 5 heteroatoms. The second-order valence-corrected chi connectivity index (χ2v) is 4.19. The number of aliphatic hydroxyl groups is 1. The van der Waals surface area contributed by atoms with Crippen LogP contribution in [-0.2, 0) is 6.42 Å². The zero-order valence-corrected chi connectivity index (χ0v) is 10.8. The van der Waals surface area contributed by atoms with Crippen molar-refractivity contribution in [3.63, 3.8) is 0 Å². The van der Waals surface area contributed by atoms with Crippen LogP contribution in [0.25, 0.3) is 0 Å². The molecule has 0 aliphatic carbocycles. The van der Waals surface area contributed by atoms with Gasteiger partial charge in [-0.05, 0) is 24.4 Å². The third-order valence-corrected chi connectivity index (χ3v) is 2.60. The van der Waals surface area contributed by atoms with Crippen LogP contribution in [0.5, 0.6) is 0 Å². The molecule has 0 heterocycles. The molecule has 0 spiro atoms. The first-order chi connectivity index (χ1) is 13.0. The summed E-state index contributed by atoms with van der Waals surface area (Å²) >= 11 is 0. The number of hydrogen-bond acceptors (Lipinski definition) is 3. The number of hydrogen-bond donors (Lipinski definition) is 4. The summed E-state index contributed by atoms with van der Waals surface area (Å²) in [6.45, 7) is -11.0.